The van der Waals surface area contributed by atoms with Gasteiger partial charge in [0.1, 0.15) is 12.6 Å². The molecule has 3 atom stereocenters. The summed E-state index contributed by atoms with van der Waals surface area (Å²) in [4.78, 5) is 18.7. The summed E-state index contributed by atoms with van der Waals surface area (Å²) >= 11 is 12.4. The van der Waals surface area contributed by atoms with Crippen molar-refractivity contribution in [2.75, 3.05) is 30.5 Å². The van der Waals surface area contributed by atoms with E-state index in [1.807, 2.05) is 30.3 Å². The molecule has 4 heterocycles. The molecule has 8 nitrogen and oxygen atoms in total. The maximum absolute atomic E-state index is 12.0. The largest absolute Gasteiger partial charge is 0.376 e. The Morgan fingerprint density at radius 1 is 1.31 bits per heavy atom. The number of nitrogens with zero attached hydrogens (tertiary/aromatic N) is 3. The first-order valence-corrected chi connectivity index (χ1v) is 12.7. The third-order valence-electron chi connectivity index (χ3n) is 6.47. The van der Waals surface area contributed by atoms with Crippen LogP contribution in [-0.4, -0.2) is 47.0 Å². The number of benzene rings is 1. The topological polar surface area (TPSA) is 80.7 Å². The molecule has 1 aromatic carbocycles. The van der Waals surface area contributed by atoms with Crippen molar-refractivity contribution in [1.29, 1.82) is 0 Å². The Labute approximate surface area is 220 Å². The molecular weight excluding hydrogens is 498 g/mol. The monoisotopic (exact) mass is 525 g/mol. The third kappa shape index (κ3) is 5.10. The Morgan fingerprint density at radius 3 is 2.92 bits per heavy atom. The summed E-state index contributed by atoms with van der Waals surface area (Å²) < 4.78 is 13.1. The number of amides is 1. The number of ether oxygens (including phenoxy) is 2. The molecule has 1 amide bonds. The van der Waals surface area contributed by atoms with E-state index in [9.17, 15) is 4.79 Å². The van der Waals surface area contributed by atoms with Gasteiger partial charge in [0.15, 0.2) is 5.11 Å². The minimum atomic E-state index is -0.273. The summed E-state index contributed by atoms with van der Waals surface area (Å²) in [5.41, 5.74) is 3.32. The lowest BCUT2D eigenvalue weighted by Gasteiger charge is -2.29. The Kier molecular flexibility index (Phi) is 7.52. The molecule has 2 fully saturated rings. The van der Waals surface area contributed by atoms with E-state index in [-0.39, 0.29) is 30.7 Å². The molecule has 5 rings (SSSR count). The molecule has 2 N–H and O–H groups in total. The Balaban J connectivity index is 1.51. The van der Waals surface area contributed by atoms with Gasteiger partial charge in [0.25, 0.3) is 0 Å². The third-order valence-corrected chi connectivity index (χ3v) is 7.10. The number of pyridine rings is 1. The first-order valence-electron chi connectivity index (χ1n) is 11.9. The lowest BCUT2D eigenvalue weighted by molar-refractivity contribution is -0.119. The van der Waals surface area contributed by atoms with Crippen molar-refractivity contribution in [2.45, 2.75) is 37.6 Å². The van der Waals surface area contributed by atoms with E-state index in [4.69, 9.17) is 33.3 Å². The normalized spacial score (nSPS) is 21.6. The quantitative estimate of drug-likeness (QED) is 0.420. The van der Waals surface area contributed by atoms with Gasteiger partial charge in [0.05, 0.1) is 28.5 Å². The highest BCUT2D eigenvalue weighted by Gasteiger charge is 2.42. The van der Waals surface area contributed by atoms with Crippen LogP contribution < -0.4 is 15.5 Å². The molecule has 2 aliphatic heterocycles. The van der Waals surface area contributed by atoms with Crippen LogP contribution in [0.2, 0.25) is 5.02 Å². The number of anilines is 2. The second kappa shape index (κ2) is 11.0. The number of halogens is 1. The zero-order valence-corrected chi connectivity index (χ0v) is 21.5. The van der Waals surface area contributed by atoms with E-state index in [0.29, 0.717) is 15.8 Å². The van der Waals surface area contributed by atoms with Crippen LogP contribution in [0, 0.1) is 0 Å². The van der Waals surface area contributed by atoms with Gasteiger partial charge in [-0.25, -0.2) is 0 Å². The number of hydrogen-bond donors (Lipinski definition) is 2. The second-order valence-corrected chi connectivity index (χ2v) is 9.66. The van der Waals surface area contributed by atoms with Gasteiger partial charge in [-0.2, -0.15) is 0 Å². The number of carbonyl (C=O) groups excluding carboxylic acids is 1. The Hall–Kier alpha value is -2.98. The van der Waals surface area contributed by atoms with Crippen LogP contribution in [0.1, 0.15) is 36.3 Å². The molecule has 10 heteroatoms. The van der Waals surface area contributed by atoms with Crippen LogP contribution >= 0.6 is 23.8 Å². The molecular formula is C26H28ClN5O3S. The van der Waals surface area contributed by atoms with Crippen LogP contribution in [0.4, 0.5) is 11.4 Å². The van der Waals surface area contributed by atoms with Gasteiger partial charge in [0.2, 0.25) is 5.91 Å². The fourth-order valence-electron chi connectivity index (χ4n) is 4.88. The van der Waals surface area contributed by atoms with Gasteiger partial charge < -0.3 is 29.6 Å². The molecule has 2 aromatic heterocycles. The Morgan fingerprint density at radius 2 is 2.19 bits per heavy atom. The van der Waals surface area contributed by atoms with Crippen molar-refractivity contribution >= 4 is 46.2 Å². The van der Waals surface area contributed by atoms with Crippen LogP contribution in [-0.2, 0) is 20.8 Å². The zero-order chi connectivity index (χ0) is 25.1. The summed E-state index contributed by atoms with van der Waals surface area (Å²) in [5, 5.41) is 7.24. The highest BCUT2D eigenvalue weighted by Crippen LogP contribution is 2.43. The van der Waals surface area contributed by atoms with Gasteiger partial charge in [-0.05, 0) is 67.5 Å². The smallest absolute Gasteiger partial charge is 0.250 e. The van der Waals surface area contributed by atoms with E-state index in [2.05, 4.69) is 43.4 Å². The average Bonchev–Trinajstić information content (AvgIpc) is 3.62. The number of rotatable bonds is 8. The van der Waals surface area contributed by atoms with E-state index in [0.717, 1.165) is 43.1 Å². The molecule has 0 unspecified atom stereocenters. The van der Waals surface area contributed by atoms with Gasteiger partial charge in [-0.15, -0.1) is 0 Å². The first-order chi connectivity index (χ1) is 17.5. The van der Waals surface area contributed by atoms with Crippen molar-refractivity contribution in [3.05, 3.63) is 77.3 Å². The molecule has 2 aliphatic rings. The van der Waals surface area contributed by atoms with Crippen molar-refractivity contribution in [1.82, 2.24) is 14.9 Å². The molecule has 0 spiro atoms. The minimum Gasteiger partial charge on any atom is -0.376 e. The minimum absolute atomic E-state index is 0.0479. The lowest BCUT2D eigenvalue weighted by Crippen LogP contribution is -2.31. The summed E-state index contributed by atoms with van der Waals surface area (Å²) in [5.74, 6) is -0.273. The lowest BCUT2D eigenvalue weighted by atomic mass is 10.0. The zero-order valence-electron chi connectivity index (χ0n) is 19.9. The molecule has 2 saturated heterocycles. The summed E-state index contributed by atoms with van der Waals surface area (Å²) in [6, 6.07) is 15.2. The number of methoxy groups -OCH3 is 1. The van der Waals surface area contributed by atoms with Crippen LogP contribution in [0.5, 0.6) is 0 Å². The summed E-state index contributed by atoms with van der Waals surface area (Å²) in [7, 11) is 1.47. The number of aromatic nitrogens is 2. The molecule has 0 aliphatic carbocycles. The average molecular weight is 526 g/mol. The number of nitrogens with one attached hydrogen (secondary N) is 2. The predicted octanol–water partition coefficient (Wildman–Crippen LogP) is 4.48. The van der Waals surface area contributed by atoms with E-state index >= 15 is 0 Å². The molecule has 0 radical (unpaired) electrons. The molecule has 0 saturated carbocycles. The summed E-state index contributed by atoms with van der Waals surface area (Å²) in [6.45, 7) is 1.54. The van der Waals surface area contributed by atoms with E-state index in [1.165, 1.54) is 7.11 Å². The SMILES string of the molecule is COCC(=O)Nc1ccc(N2C(=S)N[C@@H](c3ccccn3)[C@@H]2c2cccn2C[C@@H]2CCCO2)cc1Cl. The van der Waals surface area contributed by atoms with Crippen LogP contribution in [0.15, 0.2) is 60.9 Å². The molecule has 36 heavy (non-hydrogen) atoms. The second-order valence-electron chi connectivity index (χ2n) is 8.86. The highest BCUT2D eigenvalue weighted by molar-refractivity contribution is 7.80. The number of hydrogen-bond acceptors (Lipinski definition) is 5. The first kappa shape index (κ1) is 24.7. The van der Waals surface area contributed by atoms with Crippen molar-refractivity contribution in [3.8, 4) is 0 Å². The fourth-order valence-corrected chi connectivity index (χ4v) is 5.44. The van der Waals surface area contributed by atoms with Gasteiger partial charge in [-0.1, -0.05) is 17.7 Å². The summed E-state index contributed by atoms with van der Waals surface area (Å²) in [6.07, 6.45) is 6.22. The van der Waals surface area contributed by atoms with Crippen molar-refractivity contribution < 1.29 is 14.3 Å². The van der Waals surface area contributed by atoms with Gasteiger partial charge in [0, 0.05) is 44.0 Å². The highest BCUT2D eigenvalue weighted by atomic mass is 35.5. The van der Waals surface area contributed by atoms with Crippen LogP contribution in [0.3, 0.4) is 0 Å². The van der Waals surface area contributed by atoms with E-state index < -0.39 is 0 Å². The maximum Gasteiger partial charge on any atom is 0.250 e. The van der Waals surface area contributed by atoms with Crippen molar-refractivity contribution in [3.63, 3.8) is 0 Å². The maximum atomic E-state index is 12.0. The number of carbonyl (C=O) groups is 1. The fraction of sp³-hybridized carbons (Fsp3) is 0.346. The predicted molar refractivity (Wildman–Crippen MR) is 143 cm³/mol. The number of thiocarbonyl (C=S) groups is 1. The molecule has 188 valence electrons. The molecule has 0 bridgehead atoms. The Bertz CT molecular complexity index is 1230. The molecule has 3 aromatic rings. The van der Waals surface area contributed by atoms with Gasteiger partial charge in [-0.3, -0.25) is 9.78 Å². The van der Waals surface area contributed by atoms with Gasteiger partial charge >= 0.3 is 0 Å². The van der Waals surface area contributed by atoms with E-state index in [1.54, 1.807) is 12.3 Å². The standard InChI is InChI=1S/C26H28ClN5O3S/c1-34-16-23(33)29-20-10-9-17(14-19(20)27)32-25(24(30-26(32)36)21-7-2-3-11-28-21)22-8-4-12-31(22)15-18-6-5-13-35-18/h2-4,7-12,14,18,24-25H,5-6,13,15-16H2,1H3,(H,29,33)(H,30,36)/t18-,24-,25-/m0/s1. The van der Waals surface area contributed by atoms with Crippen molar-refractivity contribution in [2.24, 2.45) is 0 Å². The van der Waals surface area contributed by atoms with Crippen LogP contribution in [0.25, 0.3) is 0 Å².